The normalized spacial score (nSPS) is 22.6. The van der Waals surface area contributed by atoms with Gasteiger partial charge in [0, 0.05) is 31.8 Å². The number of carbonyl (C=O) groups is 1. The van der Waals surface area contributed by atoms with Gasteiger partial charge in [-0.15, -0.1) is 0 Å². The van der Waals surface area contributed by atoms with E-state index in [0.717, 1.165) is 24.9 Å². The van der Waals surface area contributed by atoms with E-state index in [9.17, 15) is 4.79 Å². The van der Waals surface area contributed by atoms with Crippen molar-refractivity contribution in [3.8, 4) is 0 Å². The van der Waals surface area contributed by atoms with Crippen LogP contribution in [0.3, 0.4) is 0 Å². The molecular formula is C20H30N2OS. The highest BCUT2D eigenvalue weighted by Gasteiger charge is 2.27. The molecule has 0 radical (unpaired) electrons. The molecule has 1 aromatic carbocycles. The number of likely N-dealkylation sites (tertiary alicyclic amines) is 1. The quantitative estimate of drug-likeness (QED) is 0.786. The van der Waals surface area contributed by atoms with E-state index in [1.165, 1.54) is 49.4 Å². The summed E-state index contributed by atoms with van der Waals surface area (Å²) in [5, 5.41) is 0. The summed E-state index contributed by atoms with van der Waals surface area (Å²) in [6.07, 6.45) is 5.68. The molecule has 1 amide bonds. The number of amides is 1. The summed E-state index contributed by atoms with van der Waals surface area (Å²) in [6.45, 7) is 3.20. The molecule has 1 atom stereocenters. The number of thioether (sulfide) groups is 1. The minimum absolute atomic E-state index is 0.286. The van der Waals surface area contributed by atoms with Gasteiger partial charge in [-0.1, -0.05) is 30.3 Å². The lowest BCUT2D eigenvalue weighted by atomic mass is 9.91. The molecule has 0 unspecified atom stereocenters. The van der Waals surface area contributed by atoms with E-state index < -0.39 is 0 Å². The SMILES string of the molecule is CN(Cc1ccccc1)C(=O)CCC1CCN([C@@H]2CCSC2)CC1. The Morgan fingerprint density at radius 1 is 1.21 bits per heavy atom. The van der Waals surface area contributed by atoms with Gasteiger partial charge in [-0.2, -0.15) is 11.8 Å². The van der Waals surface area contributed by atoms with Crippen molar-refractivity contribution in [2.24, 2.45) is 5.92 Å². The van der Waals surface area contributed by atoms with Crippen molar-refractivity contribution in [3.63, 3.8) is 0 Å². The molecular weight excluding hydrogens is 316 g/mol. The molecule has 3 nitrogen and oxygen atoms in total. The van der Waals surface area contributed by atoms with Gasteiger partial charge in [0.1, 0.15) is 0 Å². The molecule has 2 heterocycles. The third kappa shape index (κ3) is 5.00. The minimum atomic E-state index is 0.286. The average molecular weight is 347 g/mol. The summed E-state index contributed by atoms with van der Waals surface area (Å²) in [4.78, 5) is 16.9. The fourth-order valence-electron chi connectivity index (χ4n) is 3.88. The van der Waals surface area contributed by atoms with Crippen molar-refractivity contribution >= 4 is 17.7 Å². The smallest absolute Gasteiger partial charge is 0.222 e. The van der Waals surface area contributed by atoms with E-state index >= 15 is 0 Å². The van der Waals surface area contributed by atoms with Crippen LogP contribution in [0.2, 0.25) is 0 Å². The molecule has 2 saturated heterocycles. The van der Waals surface area contributed by atoms with Gasteiger partial charge < -0.3 is 4.90 Å². The molecule has 2 aliphatic rings. The largest absolute Gasteiger partial charge is 0.341 e. The molecule has 132 valence electrons. The van der Waals surface area contributed by atoms with Crippen LogP contribution in [0.5, 0.6) is 0 Å². The van der Waals surface area contributed by atoms with Crippen molar-refractivity contribution in [2.75, 3.05) is 31.6 Å². The summed E-state index contributed by atoms with van der Waals surface area (Å²) in [7, 11) is 1.93. The Morgan fingerprint density at radius 3 is 2.62 bits per heavy atom. The van der Waals surface area contributed by atoms with Crippen LogP contribution in [0, 0.1) is 5.92 Å². The second kappa shape index (κ2) is 8.91. The first-order valence-corrected chi connectivity index (χ1v) is 10.5. The van der Waals surface area contributed by atoms with Gasteiger partial charge in [0.15, 0.2) is 0 Å². The average Bonchev–Trinajstić information content (AvgIpc) is 3.15. The first-order valence-electron chi connectivity index (χ1n) is 9.32. The van der Waals surface area contributed by atoms with Crippen LogP contribution < -0.4 is 0 Å². The van der Waals surface area contributed by atoms with Crippen molar-refractivity contribution in [1.82, 2.24) is 9.80 Å². The van der Waals surface area contributed by atoms with E-state index in [2.05, 4.69) is 28.8 Å². The molecule has 0 N–H and O–H groups in total. The second-order valence-corrected chi connectivity index (χ2v) is 8.42. The summed E-state index contributed by atoms with van der Waals surface area (Å²) in [6, 6.07) is 11.1. The molecule has 2 aliphatic heterocycles. The summed E-state index contributed by atoms with van der Waals surface area (Å²) >= 11 is 2.10. The van der Waals surface area contributed by atoms with Gasteiger partial charge in [0.05, 0.1) is 0 Å². The number of piperidine rings is 1. The zero-order valence-corrected chi connectivity index (χ0v) is 15.6. The fourth-order valence-corrected chi connectivity index (χ4v) is 5.14. The molecule has 3 rings (SSSR count). The van der Waals surface area contributed by atoms with E-state index in [1.54, 1.807) is 0 Å². The first-order chi connectivity index (χ1) is 11.7. The number of benzene rings is 1. The lowest BCUT2D eigenvalue weighted by molar-refractivity contribution is -0.130. The molecule has 0 saturated carbocycles. The highest BCUT2D eigenvalue weighted by atomic mass is 32.2. The molecule has 0 aromatic heterocycles. The Bertz CT molecular complexity index is 508. The summed E-state index contributed by atoms with van der Waals surface area (Å²) in [5.74, 6) is 3.69. The number of hydrogen-bond donors (Lipinski definition) is 0. The summed E-state index contributed by atoms with van der Waals surface area (Å²) < 4.78 is 0. The maximum absolute atomic E-state index is 12.4. The maximum atomic E-state index is 12.4. The Kier molecular flexibility index (Phi) is 6.61. The van der Waals surface area contributed by atoms with Crippen molar-refractivity contribution < 1.29 is 4.79 Å². The molecule has 0 bridgehead atoms. The molecule has 24 heavy (non-hydrogen) atoms. The molecule has 0 spiro atoms. The maximum Gasteiger partial charge on any atom is 0.222 e. The number of rotatable bonds is 6. The lowest BCUT2D eigenvalue weighted by Gasteiger charge is -2.35. The Hall–Kier alpha value is -1.00. The van der Waals surface area contributed by atoms with E-state index in [4.69, 9.17) is 0 Å². The van der Waals surface area contributed by atoms with Crippen LogP contribution in [0.4, 0.5) is 0 Å². The van der Waals surface area contributed by atoms with Crippen molar-refractivity contribution in [3.05, 3.63) is 35.9 Å². The zero-order valence-electron chi connectivity index (χ0n) is 14.8. The van der Waals surface area contributed by atoms with Gasteiger partial charge in [0.25, 0.3) is 0 Å². The van der Waals surface area contributed by atoms with Crippen LogP contribution in [0.15, 0.2) is 30.3 Å². The fraction of sp³-hybridized carbons (Fsp3) is 0.650. The van der Waals surface area contributed by atoms with Crippen LogP contribution in [-0.4, -0.2) is 53.4 Å². The van der Waals surface area contributed by atoms with Crippen molar-refractivity contribution in [1.29, 1.82) is 0 Å². The third-order valence-electron chi connectivity index (χ3n) is 5.53. The van der Waals surface area contributed by atoms with Gasteiger partial charge in [0.2, 0.25) is 5.91 Å². The molecule has 0 aliphatic carbocycles. The second-order valence-electron chi connectivity index (χ2n) is 7.27. The minimum Gasteiger partial charge on any atom is -0.341 e. The topological polar surface area (TPSA) is 23.6 Å². The van der Waals surface area contributed by atoms with Gasteiger partial charge in [-0.25, -0.2) is 0 Å². The lowest BCUT2D eigenvalue weighted by Crippen LogP contribution is -2.41. The molecule has 2 fully saturated rings. The molecule has 4 heteroatoms. The summed E-state index contributed by atoms with van der Waals surface area (Å²) in [5.41, 5.74) is 1.20. The van der Waals surface area contributed by atoms with Gasteiger partial charge in [-0.3, -0.25) is 9.69 Å². The van der Waals surface area contributed by atoms with Gasteiger partial charge in [-0.05, 0) is 56.0 Å². The van der Waals surface area contributed by atoms with E-state index in [1.807, 2.05) is 30.1 Å². The predicted molar refractivity (Wildman–Crippen MR) is 102 cm³/mol. The monoisotopic (exact) mass is 346 g/mol. The molecule has 1 aromatic rings. The highest BCUT2D eigenvalue weighted by Crippen LogP contribution is 2.28. The Morgan fingerprint density at radius 2 is 1.96 bits per heavy atom. The zero-order chi connectivity index (χ0) is 16.8. The van der Waals surface area contributed by atoms with Crippen LogP contribution in [0.1, 0.15) is 37.7 Å². The predicted octanol–water partition coefficient (Wildman–Crippen LogP) is 3.64. The van der Waals surface area contributed by atoms with Crippen molar-refractivity contribution in [2.45, 2.75) is 44.7 Å². The third-order valence-corrected chi connectivity index (χ3v) is 6.67. The number of carbonyl (C=O) groups excluding carboxylic acids is 1. The van der Waals surface area contributed by atoms with Crippen LogP contribution >= 0.6 is 11.8 Å². The van der Waals surface area contributed by atoms with Crippen LogP contribution in [-0.2, 0) is 11.3 Å². The van der Waals surface area contributed by atoms with E-state index in [-0.39, 0.29) is 5.91 Å². The standard InChI is InChI=1S/C20H30N2OS/c1-21(15-18-5-3-2-4-6-18)20(23)8-7-17-9-12-22(13-10-17)19-11-14-24-16-19/h2-6,17,19H,7-16H2,1H3/t19-/m1/s1. The number of hydrogen-bond acceptors (Lipinski definition) is 3. The Balaban J connectivity index is 1.36. The van der Waals surface area contributed by atoms with Crippen LogP contribution in [0.25, 0.3) is 0 Å². The number of nitrogens with zero attached hydrogens (tertiary/aromatic N) is 2. The van der Waals surface area contributed by atoms with E-state index in [0.29, 0.717) is 6.42 Å². The highest BCUT2D eigenvalue weighted by molar-refractivity contribution is 7.99. The Labute approximate surface area is 150 Å². The van der Waals surface area contributed by atoms with Gasteiger partial charge >= 0.3 is 0 Å². The first kappa shape index (κ1) is 17.8.